The number of aliphatic hydroxyl groups is 1. The fourth-order valence-corrected chi connectivity index (χ4v) is 3.17. The van der Waals surface area contributed by atoms with Gasteiger partial charge in [0.2, 0.25) is 0 Å². The molecule has 0 aliphatic heterocycles. The minimum Gasteiger partial charge on any atom is -0.398 e. The van der Waals surface area contributed by atoms with Crippen molar-refractivity contribution in [2.24, 2.45) is 0 Å². The molecule has 0 unspecified atom stereocenters. The van der Waals surface area contributed by atoms with E-state index in [0.29, 0.717) is 33.9 Å². The van der Waals surface area contributed by atoms with Gasteiger partial charge < -0.3 is 16.2 Å². The van der Waals surface area contributed by atoms with Gasteiger partial charge in [-0.15, -0.1) is 0 Å². The topological polar surface area (TPSA) is 141 Å². The van der Waals surface area contributed by atoms with Crippen molar-refractivity contribution in [2.45, 2.75) is 6.10 Å². The molecule has 0 aliphatic carbocycles. The van der Waals surface area contributed by atoms with Crippen LogP contribution in [0.25, 0.3) is 11.4 Å². The number of nitrogens with two attached hydrogens (primary N) is 1. The Kier molecular flexibility index (Phi) is 5.55. The second-order valence-electron chi connectivity index (χ2n) is 6.88. The van der Waals surface area contributed by atoms with Crippen molar-refractivity contribution in [2.75, 3.05) is 11.1 Å². The largest absolute Gasteiger partial charge is 0.398 e. The average Bonchev–Trinajstić information content (AvgIpc) is 3.34. The van der Waals surface area contributed by atoms with Crippen molar-refractivity contribution < 1.29 is 9.90 Å². The molecular weight excluding hydrogens is 392 g/mol. The number of hydrogen-bond donors (Lipinski definition) is 5. The van der Waals surface area contributed by atoms with Crippen LogP contribution in [0.5, 0.6) is 0 Å². The van der Waals surface area contributed by atoms with Crippen LogP contribution in [0.1, 0.15) is 22.8 Å². The summed E-state index contributed by atoms with van der Waals surface area (Å²) in [6, 6.07) is 20.8. The molecule has 1 heterocycles. The number of anilines is 2. The maximum absolute atomic E-state index is 12.4. The molecule has 0 spiro atoms. The second kappa shape index (κ2) is 8.60. The van der Waals surface area contributed by atoms with Crippen LogP contribution in [0.4, 0.5) is 11.4 Å². The fraction of sp³-hybridized carbons (Fsp3) is 0.0435. The van der Waals surface area contributed by atoms with Crippen molar-refractivity contribution >= 4 is 23.0 Å². The number of nitrogen functional groups attached to an aromatic ring is 1. The van der Waals surface area contributed by atoms with Crippen LogP contribution in [0.2, 0.25) is 0 Å². The molecule has 1 amide bonds. The highest BCUT2D eigenvalue weighted by molar-refractivity contribution is 6.14. The summed E-state index contributed by atoms with van der Waals surface area (Å²) < 4.78 is 0. The lowest BCUT2D eigenvalue weighted by Crippen LogP contribution is -2.21. The number of aromatic amines is 1. The van der Waals surface area contributed by atoms with E-state index in [-0.39, 0.29) is 5.71 Å². The Balaban J connectivity index is 1.56. The van der Waals surface area contributed by atoms with Crippen molar-refractivity contribution in [3.63, 3.8) is 0 Å². The van der Waals surface area contributed by atoms with Gasteiger partial charge in [0.1, 0.15) is 6.33 Å². The first-order chi connectivity index (χ1) is 15.0. The predicted octanol–water partition coefficient (Wildman–Crippen LogP) is 3.14. The Morgan fingerprint density at radius 1 is 1.06 bits per heavy atom. The van der Waals surface area contributed by atoms with Crippen LogP contribution in [-0.2, 0) is 4.79 Å². The lowest BCUT2D eigenvalue weighted by Gasteiger charge is -2.13. The van der Waals surface area contributed by atoms with Gasteiger partial charge in [-0.2, -0.15) is 5.10 Å². The fourth-order valence-electron chi connectivity index (χ4n) is 3.17. The van der Waals surface area contributed by atoms with Gasteiger partial charge in [0.25, 0.3) is 5.91 Å². The van der Waals surface area contributed by atoms with Crippen molar-refractivity contribution in [1.82, 2.24) is 15.2 Å². The highest BCUT2D eigenvalue weighted by atomic mass is 16.3. The third-order valence-electron chi connectivity index (χ3n) is 4.78. The number of H-pyrrole nitrogens is 1. The van der Waals surface area contributed by atoms with Crippen LogP contribution >= 0.6 is 0 Å². The van der Waals surface area contributed by atoms with Gasteiger partial charge in [0, 0.05) is 28.1 Å². The van der Waals surface area contributed by atoms with Gasteiger partial charge in [0.15, 0.2) is 11.9 Å². The van der Waals surface area contributed by atoms with Crippen LogP contribution in [0.15, 0.2) is 79.1 Å². The number of aliphatic hydroxyl groups excluding tert-OH is 1. The van der Waals surface area contributed by atoms with E-state index in [1.807, 2.05) is 6.07 Å². The number of aromatic nitrogens is 3. The zero-order chi connectivity index (χ0) is 21.8. The lowest BCUT2D eigenvalue weighted by molar-refractivity contribution is -0.124. The monoisotopic (exact) mass is 412 g/mol. The Hall–Kier alpha value is -4.30. The molecule has 1 aromatic heterocycles. The minimum atomic E-state index is -1.29. The third kappa shape index (κ3) is 4.34. The normalized spacial score (nSPS) is 11.6. The third-order valence-corrected chi connectivity index (χ3v) is 4.78. The molecule has 0 fully saturated rings. The SMILES string of the molecule is N=C(c1cccc(NC(=O)[C@@H](O)c2ccccc2)c1)c1cc(-c2nc[nH]n2)ccc1N. The van der Waals surface area contributed by atoms with E-state index >= 15 is 0 Å². The molecule has 0 radical (unpaired) electrons. The molecule has 0 saturated heterocycles. The Morgan fingerprint density at radius 3 is 2.61 bits per heavy atom. The summed E-state index contributed by atoms with van der Waals surface area (Å²) in [5.74, 6) is -0.0500. The molecule has 0 bridgehead atoms. The molecule has 0 saturated carbocycles. The van der Waals surface area contributed by atoms with Crippen LogP contribution < -0.4 is 11.1 Å². The van der Waals surface area contributed by atoms with E-state index in [4.69, 9.17) is 11.1 Å². The number of benzene rings is 3. The molecule has 4 rings (SSSR count). The zero-order valence-electron chi connectivity index (χ0n) is 16.4. The maximum atomic E-state index is 12.4. The van der Waals surface area contributed by atoms with Gasteiger partial charge in [-0.25, -0.2) is 4.98 Å². The highest BCUT2D eigenvalue weighted by Gasteiger charge is 2.18. The molecular formula is C23H20N6O2. The first-order valence-electron chi connectivity index (χ1n) is 9.52. The average molecular weight is 412 g/mol. The maximum Gasteiger partial charge on any atom is 0.257 e. The Bertz CT molecular complexity index is 1220. The van der Waals surface area contributed by atoms with E-state index in [9.17, 15) is 9.90 Å². The summed E-state index contributed by atoms with van der Waals surface area (Å²) in [6.45, 7) is 0. The Morgan fingerprint density at radius 2 is 1.87 bits per heavy atom. The van der Waals surface area contributed by atoms with Gasteiger partial charge in [0.05, 0.1) is 5.71 Å². The molecule has 8 heteroatoms. The number of nitrogens with zero attached hydrogens (tertiary/aromatic N) is 2. The number of carbonyl (C=O) groups excluding carboxylic acids is 1. The summed E-state index contributed by atoms with van der Waals surface area (Å²) in [4.78, 5) is 16.6. The Labute approximate surface area is 178 Å². The first-order valence-corrected chi connectivity index (χ1v) is 9.52. The van der Waals surface area contributed by atoms with Crippen molar-refractivity contribution in [1.29, 1.82) is 5.41 Å². The molecule has 4 aromatic rings. The zero-order valence-corrected chi connectivity index (χ0v) is 16.4. The molecule has 1 atom stereocenters. The molecule has 6 N–H and O–H groups in total. The minimum absolute atomic E-state index is 0.189. The number of nitrogens with one attached hydrogen (secondary N) is 3. The molecule has 8 nitrogen and oxygen atoms in total. The highest BCUT2D eigenvalue weighted by Crippen LogP contribution is 2.24. The molecule has 154 valence electrons. The van der Waals surface area contributed by atoms with E-state index in [2.05, 4.69) is 20.5 Å². The van der Waals surface area contributed by atoms with Gasteiger partial charge in [-0.3, -0.25) is 15.3 Å². The molecule has 3 aromatic carbocycles. The molecule has 0 aliphatic rings. The number of carbonyl (C=O) groups is 1. The van der Waals surface area contributed by atoms with E-state index in [1.165, 1.54) is 6.33 Å². The number of rotatable bonds is 6. The van der Waals surface area contributed by atoms with E-state index in [1.54, 1.807) is 66.7 Å². The smallest absolute Gasteiger partial charge is 0.257 e. The van der Waals surface area contributed by atoms with Gasteiger partial charge in [-0.1, -0.05) is 42.5 Å². The van der Waals surface area contributed by atoms with Gasteiger partial charge in [-0.05, 0) is 35.9 Å². The molecule has 31 heavy (non-hydrogen) atoms. The van der Waals surface area contributed by atoms with Gasteiger partial charge >= 0.3 is 0 Å². The quantitative estimate of drug-likeness (QED) is 0.244. The summed E-state index contributed by atoms with van der Waals surface area (Å²) >= 11 is 0. The van der Waals surface area contributed by atoms with Crippen molar-refractivity contribution in [3.8, 4) is 11.4 Å². The summed E-state index contributed by atoms with van der Waals surface area (Å²) in [6.07, 6.45) is 0.185. The second-order valence-corrected chi connectivity index (χ2v) is 6.88. The summed E-state index contributed by atoms with van der Waals surface area (Å²) in [5.41, 5.74) is 9.52. The predicted molar refractivity (Wildman–Crippen MR) is 119 cm³/mol. The summed E-state index contributed by atoms with van der Waals surface area (Å²) in [5, 5.41) is 28.3. The summed E-state index contributed by atoms with van der Waals surface area (Å²) in [7, 11) is 0. The van der Waals surface area contributed by atoms with Crippen LogP contribution in [-0.4, -0.2) is 31.9 Å². The van der Waals surface area contributed by atoms with E-state index in [0.717, 1.165) is 5.56 Å². The number of hydrogen-bond acceptors (Lipinski definition) is 6. The van der Waals surface area contributed by atoms with Crippen LogP contribution in [0, 0.1) is 5.41 Å². The number of amides is 1. The van der Waals surface area contributed by atoms with E-state index < -0.39 is 12.0 Å². The standard InChI is InChI=1S/C23H20N6O2/c24-19-10-9-16(22-26-13-27-29-22)12-18(19)20(25)15-7-4-8-17(11-15)28-23(31)21(30)14-5-2-1-3-6-14/h1-13,21,25,30H,24H2,(H,28,31)(H,26,27,29)/t21-/m0/s1. The lowest BCUT2D eigenvalue weighted by atomic mass is 9.98. The van der Waals surface area contributed by atoms with Crippen LogP contribution in [0.3, 0.4) is 0 Å². The van der Waals surface area contributed by atoms with Crippen molar-refractivity contribution in [3.05, 3.63) is 95.8 Å². The first kappa shape index (κ1) is 20.0.